The molecule has 0 aliphatic carbocycles. The van der Waals surface area contributed by atoms with Crippen molar-refractivity contribution < 1.29 is 14.6 Å². The Morgan fingerprint density at radius 3 is 2.94 bits per heavy atom. The van der Waals surface area contributed by atoms with Gasteiger partial charge in [-0.15, -0.1) is 0 Å². The predicted molar refractivity (Wildman–Crippen MR) is 63.0 cm³/mol. The molecule has 1 heterocycles. The minimum atomic E-state index is -0.345. The smallest absolute Gasteiger partial charge is 0.350 e. The molecule has 1 atom stereocenters. The molecule has 6 heteroatoms. The van der Waals surface area contributed by atoms with E-state index in [1.54, 1.807) is 13.8 Å². The summed E-state index contributed by atoms with van der Waals surface area (Å²) in [5.74, 6) is -0.345. The zero-order valence-electron chi connectivity index (χ0n) is 9.61. The lowest BCUT2D eigenvalue weighted by atomic mass is 10.4. The minimum absolute atomic E-state index is 0.0212. The zero-order valence-corrected chi connectivity index (χ0v) is 10.4. The van der Waals surface area contributed by atoms with Crippen LogP contribution in [0.3, 0.4) is 0 Å². The first-order valence-corrected chi connectivity index (χ1v) is 5.92. The Morgan fingerprint density at radius 2 is 2.38 bits per heavy atom. The van der Waals surface area contributed by atoms with Crippen molar-refractivity contribution in [1.82, 2.24) is 4.98 Å². The number of anilines is 1. The molecule has 0 fully saturated rings. The van der Waals surface area contributed by atoms with Crippen LogP contribution in [0.4, 0.5) is 5.13 Å². The Kier molecular flexibility index (Phi) is 4.70. The summed E-state index contributed by atoms with van der Waals surface area (Å²) in [5, 5.41) is 12.5. The third-order valence-electron chi connectivity index (χ3n) is 1.90. The number of nitrogens with zero attached hydrogens (tertiary/aromatic N) is 1. The van der Waals surface area contributed by atoms with E-state index in [9.17, 15) is 4.79 Å². The summed E-state index contributed by atoms with van der Waals surface area (Å²) < 4.78 is 4.91. The second-order valence-electron chi connectivity index (χ2n) is 3.38. The summed E-state index contributed by atoms with van der Waals surface area (Å²) in [6, 6.07) is -0.0828. The number of thiazole rings is 1. The minimum Gasteiger partial charge on any atom is -0.462 e. The van der Waals surface area contributed by atoms with Gasteiger partial charge in [0.1, 0.15) is 4.88 Å². The molecule has 0 saturated carbocycles. The van der Waals surface area contributed by atoms with Gasteiger partial charge < -0.3 is 15.2 Å². The van der Waals surface area contributed by atoms with E-state index in [1.807, 2.05) is 6.92 Å². The first-order chi connectivity index (χ1) is 7.58. The van der Waals surface area contributed by atoms with Crippen LogP contribution in [0, 0.1) is 6.92 Å². The molecular weight excluding hydrogens is 228 g/mol. The SMILES string of the molecule is CCOC(=O)c1sc(NC(C)CO)nc1C. The first-order valence-electron chi connectivity index (χ1n) is 5.10. The van der Waals surface area contributed by atoms with Gasteiger partial charge in [0.15, 0.2) is 5.13 Å². The van der Waals surface area contributed by atoms with E-state index in [0.717, 1.165) is 0 Å². The lowest BCUT2D eigenvalue weighted by Crippen LogP contribution is -2.18. The lowest BCUT2D eigenvalue weighted by Gasteiger charge is -2.07. The number of carbonyl (C=O) groups is 1. The van der Waals surface area contributed by atoms with Gasteiger partial charge in [-0.25, -0.2) is 9.78 Å². The normalized spacial score (nSPS) is 12.2. The van der Waals surface area contributed by atoms with Crippen molar-refractivity contribution in [2.45, 2.75) is 26.8 Å². The van der Waals surface area contributed by atoms with Crippen LogP contribution >= 0.6 is 11.3 Å². The molecule has 2 N–H and O–H groups in total. The van der Waals surface area contributed by atoms with Gasteiger partial charge >= 0.3 is 5.97 Å². The standard InChI is InChI=1S/C10H16N2O3S/c1-4-15-9(14)8-7(3)12-10(16-8)11-6(2)5-13/h6,13H,4-5H2,1-3H3,(H,11,12). The number of hydrogen-bond acceptors (Lipinski definition) is 6. The maximum atomic E-state index is 11.5. The molecule has 0 spiro atoms. The molecule has 0 aliphatic heterocycles. The first kappa shape index (κ1) is 12.9. The van der Waals surface area contributed by atoms with E-state index in [4.69, 9.17) is 9.84 Å². The quantitative estimate of drug-likeness (QED) is 0.766. The molecule has 0 bridgehead atoms. The van der Waals surface area contributed by atoms with Crippen LogP contribution in [0.15, 0.2) is 0 Å². The molecule has 0 radical (unpaired) electrons. The molecule has 0 saturated heterocycles. The van der Waals surface area contributed by atoms with Crippen LogP contribution in [0.25, 0.3) is 0 Å². The molecule has 0 aromatic carbocycles. The highest BCUT2D eigenvalue weighted by molar-refractivity contribution is 7.17. The van der Waals surface area contributed by atoms with Crippen molar-refractivity contribution in [3.63, 3.8) is 0 Å². The van der Waals surface area contributed by atoms with Gasteiger partial charge in [-0.05, 0) is 20.8 Å². The highest BCUT2D eigenvalue weighted by Crippen LogP contribution is 2.23. The van der Waals surface area contributed by atoms with Crippen molar-refractivity contribution in [1.29, 1.82) is 0 Å². The number of ether oxygens (including phenoxy) is 1. The Balaban J connectivity index is 2.77. The fourth-order valence-corrected chi connectivity index (χ4v) is 2.07. The Labute approximate surface area is 98.5 Å². The number of aryl methyl sites for hydroxylation is 1. The average molecular weight is 244 g/mol. The predicted octanol–water partition coefficient (Wildman–Crippen LogP) is 1.42. The van der Waals surface area contributed by atoms with Crippen LogP contribution < -0.4 is 5.32 Å². The lowest BCUT2D eigenvalue weighted by molar-refractivity contribution is 0.0531. The van der Waals surface area contributed by atoms with E-state index in [0.29, 0.717) is 22.3 Å². The molecule has 0 amide bonds. The third-order valence-corrected chi connectivity index (χ3v) is 2.97. The van der Waals surface area contributed by atoms with Gasteiger partial charge in [0.2, 0.25) is 0 Å². The number of esters is 1. The number of aliphatic hydroxyl groups is 1. The molecule has 1 aromatic heterocycles. The van der Waals surface area contributed by atoms with Crippen LogP contribution in [-0.4, -0.2) is 35.3 Å². The summed E-state index contributed by atoms with van der Waals surface area (Å²) in [6.07, 6.45) is 0. The Bertz CT molecular complexity index is 365. The maximum absolute atomic E-state index is 11.5. The van der Waals surface area contributed by atoms with Gasteiger partial charge in [0, 0.05) is 6.04 Å². The van der Waals surface area contributed by atoms with Crippen molar-refractivity contribution in [2.24, 2.45) is 0 Å². The fraction of sp³-hybridized carbons (Fsp3) is 0.600. The van der Waals surface area contributed by atoms with Gasteiger partial charge in [-0.1, -0.05) is 11.3 Å². The number of hydrogen-bond donors (Lipinski definition) is 2. The zero-order chi connectivity index (χ0) is 12.1. The second-order valence-corrected chi connectivity index (χ2v) is 4.38. The van der Waals surface area contributed by atoms with Gasteiger partial charge in [-0.3, -0.25) is 0 Å². The van der Waals surface area contributed by atoms with E-state index in [-0.39, 0.29) is 18.6 Å². The van der Waals surface area contributed by atoms with E-state index >= 15 is 0 Å². The van der Waals surface area contributed by atoms with E-state index in [1.165, 1.54) is 11.3 Å². The monoisotopic (exact) mass is 244 g/mol. The van der Waals surface area contributed by atoms with Crippen LogP contribution in [-0.2, 0) is 4.74 Å². The van der Waals surface area contributed by atoms with Crippen molar-refractivity contribution in [3.8, 4) is 0 Å². The second kappa shape index (κ2) is 5.81. The Hall–Kier alpha value is -1.14. The molecule has 1 unspecified atom stereocenters. The average Bonchev–Trinajstić information content (AvgIpc) is 2.59. The molecule has 90 valence electrons. The summed E-state index contributed by atoms with van der Waals surface area (Å²) in [7, 11) is 0. The van der Waals surface area contributed by atoms with Crippen LogP contribution in [0.5, 0.6) is 0 Å². The number of carbonyl (C=O) groups excluding carboxylic acids is 1. The summed E-state index contributed by atoms with van der Waals surface area (Å²) in [5.41, 5.74) is 0.649. The van der Waals surface area contributed by atoms with Crippen LogP contribution in [0.1, 0.15) is 29.2 Å². The highest BCUT2D eigenvalue weighted by Gasteiger charge is 2.16. The van der Waals surface area contributed by atoms with Gasteiger partial charge in [0.05, 0.1) is 18.9 Å². The number of nitrogens with one attached hydrogen (secondary N) is 1. The van der Waals surface area contributed by atoms with Gasteiger partial charge in [-0.2, -0.15) is 0 Å². The van der Waals surface area contributed by atoms with E-state index in [2.05, 4.69) is 10.3 Å². The molecule has 1 rings (SSSR count). The Morgan fingerprint density at radius 1 is 1.69 bits per heavy atom. The van der Waals surface area contributed by atoms with Crippen molar-refractivity contribution in [2.75, 3.05) is 18.5 Å². The number of aromatic nitrogens is 1. The highest BCUT2D eigenvalue weighted by atomic mass is 32.1. The van der Waals surface area contributed by atoms with Crippen LogP contribution in [0.2, 0.25) is 0 Å². The summed E-state index contributed by atoms with van der Waals surface area (Å²) in [4.78, 5) is 16.2. The summed E-state index contributed by atoms with van der Waals surface area (Å²) in [6.45, 7) is 5.74. The number of aliphatic hydroxyl groups excluding tert-OH is 1. The fourth-order valence-electron chi connectivity index (χ4n) is 1.10. The topological polar surface area (TPSA) is 71.5 Å². The maximum Gasteiger partial charge on any atom is 0.350 e. The van der Waals surface area contributed by atoms with Gasteiger partial charge in [0.25, 0.3) is 0 Å². The van der Waals surface area contributed by atoms with Crippen molar-refractivity contribution in [3.05, 3.63) is 10.6 Å². The van der Waals surface area contributed by atoms with Crippen molar-refractivity contribution >= 4 is 22.4 Å². The largest absolute Gasteiger partial charge is 0.462 e. The molecule has 1 aromatic rings. The molecule has 5 nitrogen and oxygen atoms in total. The third kappa shape index (κ3) is 3.18. The molecule has 16 heavy (non-hydrogen) atoms. The number of rotatable bonds is 5. The molecular formula is C10H16N2O3S. The molecule has 0 aliphatic rings. The summed E-state index contributed by atoms with van der Waals surface area (Å²) >= 11 is 1.24. The van der Waals surface area contributed by atoms with E-state index < -0.39 is 0 Å².